The predicted molar refractivity (Wildman–Crippen MR) is 84.8 cm³/mol. The molecule has 110 valence electrons. The van der Waals surface area contributed by atoms with Gasteiger partial charge in [0, 0.05) is 12.6 Å². The van der Waals surface area contributed by atoms with Gasteiger partial charge in [0.05, 0.1) is 0 Å². The van der Waals surface area contributed by atoms with Crippen LogP contribution in [0.5, 0.6) is 0 Å². The van der Waals surface area contributed by atoms with Crippen LogP contribution in [0.25, 0.3) is 0 Å². The van der Waals surface area contributed by atoms with Gasteiger partial charge in [0.25, 0.3) is 0 Å². The monoisotopic (exact) mass is 272 g/mol. The van der Waals surface area contributed by atoms with E-state index in [1.165, 1.54) is 50.8 Å². The highest BCUT2D eigenvalue weighted by atomic mass is 15.2. The minimum absolute atomic E-state index is 0.435. The molecule has 3 rings (SSSR count). The third-order valence-corrected chi connectivity index (χ3v) is 5.26. The smallest absolute Gasteiger partial charge is 0.0473 e. The lowest BCUT2D eigenvalue weighted by Gasteiger charge is -2.38. The summed E-state index contributed by atoms with van der Waals surface area (Å²) in [5.74, 6) is 1.75. The van der Waals surface area contributed by atoms with Crippen molar-refractivity contribution in [1.82, 2.24) is 4.90 Å². The lowest BCUT2D eigenvalue weighted by Crippen LogP contribution is -2.40. The summed E-state index contributed by atoms with van der Waals surface area (Å²) < 4.78 is 0. The van der Waals surface area contributed by atoms with E-state index in [1.807, 2.05) is 0 Å². The van der Waals surface area contributed by atoms with Gasteiger partial charge >= 0.3 is 0 Å². The summed E-state index contributed by atoms with van der Waals surface area (Å²) in [5.41, 5.74) is 9.23. The molecule has 0 spiro atoms. The van der Waals surface area contributed by atoms with Crippen LogP contribution in [0.3, 0.4) is 0 Å². The second kappa shape index (κ2) is 6.28. The van der Waals surface area contributed by atoms with Gasteiger partial charge in [-0.2, -0.15) is 0 Å². The first-order valence-electron chi connectivity index (χ1n) is 8.36. The fraction of sp³-hybridized carbons (Fsp3) is 0.667. The maximum absolute atomic E-state index is 6.15. The first-order valence-corrected chi connectivity index (χ1v) is 8.36. The van der Waals surface area contributed by atoms with Crippen LogP contribution in [0.2, 0.25) is 0 Å². The highest BCUT2D eigenvalue weighted by molar-refractivity contribution is 5.36. The molecule has 0 bridgehead atoms. The fourth-order valence-corrected chi connectivity index (χ4v) is 3.73. The highest BCUT2D eigenvalue weighted by Crippen LogP contribution is 2.43. The van der Waals surface area contributed by atoms with E-state index in [4.69, 9.17) is 5.73 Å². The van der Waals surface area contributed by atoms with Gasteiger partial charge in [-0.25, -0.2) is 0 Å². The van der Waals surface area contributed by atoms with Crippen LogP contribution in [0.1, 0.15) is 62.1 Å². The van der Waals surface area contributed by atoms with Gasteiger partial charge in [0.2, 0.25) is 0 Å². The third kappa shape index (κ3) is 2.91. The van der Waals surface area contributed by atoms with Crippen LogP contribution in [0, 0.1) is 5.92 Å². The SMILES string of the molecule is CCC1CCN(C(CN)c2ccccc2C2CC2)CC1. The molecule has 0 aromatic heterocycles. The molecule has 1 saturated heterocycles. The Morgan fingerprint density at radius 3 is 2.45 bits per heavy atom. The lowest BCUT2D eigenvalue weighted by molar-refractivity contribution is 0.133. The molecule has 1 aromatic rings. The highest BCUT2D eigenvalue weighted by Gasteiger charge is 2.31. The summed E-state index contributed by atoms with van der Waals surface area (Å²) >= 11 is 0. The maximum atomic E-state index is 6.15. The molecule has 1 aliphatic heterocycles. The van der Waals surface area contributed by atoms with Crippen molar-refractivity contribution < 1.29 is 0 Å². The van der Waals surface area contributed by atoms with Gasteiger partial charge in [-0.1, -0.05) is 37.6 Å². The third-order valence-electron chi connectivity index (χ3n) is 5.26. The Hall–Kier alpha value is -0.860. The van der Waals surface area contributed by atoms with Gasteiger partial charge in [-0.3, -0.25) is 4.90 Å². The molecule has 1 aromatic carbocycles. The molecule has 2 heteroatoms. The van der Waals surface area contributed by atoms with Crippen LogP contribution in [0.15, 0.2) is 24.3 Å². The van der Waals surface area contributed by atoms with E-state index in [-0.39, 0.29) is 0 Å². The molecule has 1 saturated carbocycles. The zero-order valence-electron chi connectivity index (χ0n) is 12.7. The number of hydrogen-bond donors (Lipinski definition) is 1. The Balaban J connectivity index is 1.76. The van der Waals surface area contributed by atoms with Crippen LogP contribution in [-0.2, 0) is 0 Å². The molecule has 2 N–H and O–H groups in total. The topological polar surface area (TPSA) is 29.3 Å². The second-order valence-corrected chi connectivity index (χ2v) is 6.54. The number of nitrogens with zero attached hydrogens (tertiary/aromatic N) is 1. The molecule has 0 amide bonds. The van der Waals surface area contributed by atoms with Crippen molar-refractivity contribution >= 4 is 0 Å². The first kappa shape index (κ1) is 14.1. The average molecular weight is 272 g/mol. The van der Waals surface area contributed by atoms with Gasteiger partial charge in [-0.15, -0.1) is 0 Å². The molecule has 2 fully saturated rings. The predicted octanol–water partition coefficient (Wildman–Crippen LogP) is 3.69. The Morgan fingerprint density at radius 1 is 1.15 bits per heavy atom. The van der Waals surface area contributed by atoms with Crippen molar-refractivity contribution in [3.63, 3.8) is 0 Å². The van der Waals surface area contributed by atoms with E-state index >= 15 is 0 Å². The number of nitrogens with two attached hydrogens (primary N) is 1. The zero-order chi connectivity index (χ0) is 13.9. The lowest BCUT2D eigenvalue weighted by atomic mass is 9.90. The van der Waals surface area contributed by atoms with E-state index < -0.39 is 0 Å². The van der Waals surface area contributed by atoms with Gasteiger partial charge in [0.15, 0.2) is 0 Å². The standard InChI is InChI=1S/C18H28N2/c1-2-14-9-11-20(12-10-14)18(13-19)17-6-4-3-5-16(17)15-7-8-15/h3-6,14-15,18H,2,7-13,19H2,1H3. The summed E-state index contributed by atoms with van der Waals surface area (Å²) in [4.78, 5) is 2.63. The summed E-state index contributed by atoms with van der Waals surface area (Å²) in [6.45, 7) is 5.52. The van der Waals surface area contributed by atoms with Crippen molar-refractivity contribution in [2.75, 3.05) is 19.6 Å². The van der Waals surface area contributed by atoms with Crippen molar-refractivity contribution in [1.29, 1.82) is 0 Å². The summed E-state index contributed by atoms with van der Waals surface area (Å²) in [7, 11) is 0. The molecular formula is C18H28N2. The first-order chi connectivity index (χ1) is 9.83. The molecule has 2 aliphatic rings. The Bertz CT molecular complexity index is 431. The van der Waals surface area contributed by atoms with E-state index in [2.05, 4.69) is 36.1 Å². The molecular weight excluding hydrogens is 244 g/mol. The van der Waals surface area contributed by atoms with Crippen LogP contribution in [-0.4, -0.2) is 24.5 Å². The molecule has 2 nitrogen and oxygen atoms in total. The minimum Gasteiger partial charge on any atom is -0.329 e. The number of benzene rings is 1. The normalized spacial score (nSPS) is 22.9. The number of piperidine rings is 1. The van der Waals surface area contributed by atoms with E-state index in [0.29, 0.717) is 6.04 Å². The summed E-state index contributed by atoms with van der Waals surface area (Å²) in [6.07, 6.45) is 6.76. The maximum Gasteiger partial charge on any atom is 0.0473 e. The Labute approximate surface area is 123 Å². The molecule has 1 unspecified atom stereocenters. The summed E-state index contributed by atoms with van der Waals surface area (Å²) in [5, 5.41) is 0. The van der Waals surface area contributed by atoms with Crippen molar-refractivity contribution in [3.8, 4) is 0 Å². The molecule has 1 heterocycles. The van der Waals surface area contributed by atoms with Crippen molar-refractivity contribution in [2.24, 2.45) is 11.7 Å². The Kier molecular flexibility index (Phi) is 4.42. The van der Waals surface area contributed by atoms with Crippen molar-refractivity contribution in [2.45, 2.75) is 51.0 Å². The largest absolute Gasteiger partial charge is 0.329 e. The molecule has 0 radical (unpaired) electrons. The zero-order valence-corrected chi connectivity index (χ0v) is 12.7. The summed E-state index contributed by atoms with van der Waals surface area (Å²) in [6, 6.07) is 9.45. The van der Waals surface area contributed by atoms with Crippen molar-refractivity contribution in [3.05, 3.63) is 35.4 Å². The fourth-order valence-electron chi connectivity index (χ4n) is 3.73. The Morgan fingerprint density at radius 2 is 1.85 bits per heavy atom. The number of hydrogen-bond acceptors (Lipinski definition) is 2. The molecule has 20 heavy (non-hydrogen) atoms. The van der Waals surface area contributed by atoms with Crippen LogP contribution in [0.4, 0.5) is 0 Å². The van der Waals surface area contributed by atoms with Crippen LogP contribution < -0.4 is 5.73 Å². The minimum atomic E-state index is 0.435. The van der Waals surface area contributed by atoms with E-state index in [1.54, 1.807) is 5.56 Å². The van der Waals surface area contributed by atoms with Gasteiger partial charge in [-0.05, 0) is 61.7 Å². The quantitative estimate of drug-likeness (QED) is 0.886. The van der Waals surface area contributed by atoms with E-state index in [0.717, 1.165) is 18.4 Å². The van der Waals surface area contributed by atoms with Gasteiger partial charge in [0.1, 0.15) is 0 Å². The average Bonchev–Trinajstić information content (AvgIpc) is 3.34. The molecule has 1 aliphatic carbocycles. The van der Waals surface area contributed by atoms with Gasteiger partial charge < -0.3 is 5.73 Å². The molecule has 1 atom stereocenters. The number of rotatable bonds is 5. The van der Waals surface area contributed by atoms with Crippen LogP contribution >= 0.6 is 0 Å². The van der Waals surface area contributed by atoms with E-state index in [9.17, 15) is 0 Å². The number of likely N-dealkylation sites (tertiary alicyclic amines) is 1. The second-order valence-electron chi connectivity index (χ2n) is 6.54.